The van der Waals surface area contributed by atoms with Crippen molar-refractivity contribution in [1.82, 2.24) is 4.90 Å². The van der Waals surface area contributed by atoms with E-state index in [1.807, 2.05) is 0 Å². The van der Waals surface area contributed by atoms with Gasteiger partial charge in [-0.05, 0) is 25.5 Å². The molecule has 3 heteroatoms. The van der Waals surface area contributed by atoms with E-state index in [-0.39, 0.29) is 6.10 Å². The summed E-state index contributed by atoms with van der Waals surface area (Å²) in [5.74, 6) is 0. The molecule has 2 rings (SSSR count). The lowest BCUT2D eigenvalue weighted by molar-refractivity contribution is 0.0306. The quantitative estimate of drug-likeness (QED) is 0.841. The smallest absolute Gasteiger partial charge is 0.0707 e. The van der Waals surface area contributed by atoms with Gasteiger partial charge in [0.05, 0.1) is 12.2 Å². The third-order valence-corrected chi connectivity index (χ3v) is 3.27. The number of benzene rings is 1. The molecular weight excluding hydrogens is 212 g/mol. The first-order valence-corrected chi connectivity index (χ1v) is 6.36. The summed E-state index contributed by atoms with van der Waals surface area (Å²) < 4.78 is 5.85. The molecule has 1 saturated heterocycles. The minimum Gasteiger partial charge on any atom is -0.372 e. The number of ether oxygens (including phenoxy) is 1. The van der Waals surface area contributed by atoms with Gasteiger partial charge in [0.2, 0.25) is 0 Å². The van der Waals surface area contributed by atoms with Crippen LogP contribution in [-0.2, 0) is 11.3 Å². The normalized spacial score (nSPS) is 24.4. The van der Waals surface area contributed by atoms with E-state index in [0.717, 1.165) is 25.9 Å². The highest BCUT2D eigenvalue weighted by Gasteiger charge is 2.24. The van der Waals surface area contributed by atoms with Gasteiger partial charge in [-0.15, -0.1) is 0 Å². The van der Waals surface area contributed by atoms with E-state index in [1.165, 1.54) is 5.56 Å². The standard InChI is InChI=1S/C14H22N2O/c1-16(10-12-5-3-2-4-6-12)11-14-8-7-13(9-15)17-14/h2-6,13-14H,7-11,15H2,1H3. The predicted molar refractivity (Wildman–Crippen MR) is 69.7 cm³/mol. The van der Waals surface area contributed by atoms with Crippen LogP contribution < -0.4 is 5.73 Å². The second-order valence-electron chi connectivity index (χ2n) is 4.88. The summed E-state index contributed by atoms with van der Waals surface area (Å²) in [7, 11) is 2.14. The van der Waals surface area contributed by atoms with Gasteiger partial charge in [-0.3, -0.25) is 4.90 Å². The fourth-order valence-electron chi connectivity index (χ4n) is 2.40. The first-order chi connectivity index (χ1) is 8.28. The van der Waals surface area contributed by atoms with Crippen molar-refractivity contribution in [3.63, 3.8) is 0 Å². The highest BCUT2D eigenvalue weighted by molar-refractivity contribution is 5.14. The van der Waals surface area contributed by atoms with E-state index in [4.69, 9.17) is 10.5 Å². The van der Waals surface area contributed by atoms with Crippen LogP contribution in [-0.4, -0.2) is 37.2 Å². The molecule has 2 atom stereocenters. The molecule has 1 heterocycles. The third kappa shape index (κ3) is 3.80. The summed E-state index contributed by atoms with van der Waals surface area (Å²) in [6.07, 6.45) is 2.89. The molecule has 0 radical (unpaired) electrons. The Kier molecular flexibility index (Phi) is 4.54. The molecule has 2 N–H and O–H groups in total. The van der Waals surface area contributed by atoms with Gasteiger partial charge < -0.3 is 10.5 Å². The van der Waals surface area contributed by atoms with Crippen molar-refractivity contribution in [1.29, 1.82) is 0 Å². The molecule has 1 aromatic carbocycles. The number of hydrogen-bond donors (Lipinski definition) is 1. The lowest BCUT2D eigenvalue weighted by Gasteiger charge is -2.21. The molecule has 1 aromatic rings. The zero-order valence-corrected chi connectivity index (χ0v) is 10.5. The summed E-state index contributed by atoms with van der Waals surface area (Å²) in [6.45, 7) is 2.62. The third-order valence-electron chi connectivity index (χ3n) is 3.27. The predicted octanol–water partition coefficient (Wildman–Crippen LogP) is 1.62. The molecule has 1 aliphatic rings. The van der Waals surface area contributed by atoms with Gasteiger partial charge in [-0.1, -0.05) is 30.3 Å². The van der Waals surface area contributed by atoms with E-state index in [2.05, 4.69) is 42.3 Å². The molecule has 0 saturated carbocycles. The molecule has 0 amide bonds. The van der Waals surface area contributed by atoms with Crippen molar-refractivity contribution in [2.75, 3.05) is 20.1 Å². The Bertz CT molecular complexity index is 328. The number of nitrogens with two attached hydrogens (primary N) is 1. The van der Waals surface area contributed by atoms with Crippen molar-refractivity contribution in [3.05, 3.63) is 35.9 Å². The van der Waals surface area contributed by atoms with Gasteiger partial charge in [0.25, 0.3) is 0 Å². The van der Waals surface area contributed by atoms with Crippen molar-refractivity contribution < 1.29 is 4.74 Å². The first kappa shape index (κ1) is 12.6. The van der Waals surface area contributed by atoms with Crippen LogP contribution in [0.15, 0.2) is 30.3 Å². The molecular formula is C14H22N2O. The monoisotopic (exact) mass is 234 g/mol. The Balaban J connectivity index is 1.76. The lowest BCUT2D eigenvalue weighted by atomic mass is 10.1. The van der Waals surface area contributed by atoms with Gasteiger partial charge in [-0.25, -0.2) is 0 Å². The van der Waals surface area contributed by atoms with Crippen LogP contribution in [0.2, 0.25) is 0 Å². The SMILES string of the molecule is CN(Cc1ccccc1)CC1CCC(CN)O1. The zero-order valence-electron chi connectivity index (χ0n) is 10.5. The second kappa shape index (κ2) is 6.15. The van der Waals surface area contributed by atoms with Crippen molar-refractivity contribution in [2.24, 2.45) is 5.73 Å². The molecule has 3 nitrogen and oxygen atoms in total. The summed E-state index contributed by atoms with van der Waals surface area (Å²) in [6, 6.07) is 10.5. The molecule has 94 valence electrons. The summed E-state index contributed by atoms with van der Waals surface area (Å²) in [5.41, 5.74) is 6.96. The van der Waals surface area contributed by atoms with Crippen LogP contribution in [0.5, 0.6) is 0 Å². The molecule has 0 aliphatic carbocycles. The number of rotatable bonds is 5. The Labute approximate surface area is 104 Å². The Morgan fingerprint density at radius 1 is 1.24 bits per heavy atom. The molecule has 2 unspecified atom stereocenters. The van der Waals surface area contributed by atoms with Crippen molar-refractivity contribution in [2.45, 2.75) is 31.6 Å². The van der Waals surface area contributed by atoms with E-state index in [1.54, 1.807) is 0 Å². The maximum absolute atomic E-state index is 5.85. The fourth-order valence-corrected chi connectivity index (χ4v) is 2.40. The van der Waals surface area contributed by atoms with Gasteiger partial charge >= 0.3 is 0 Å². The molecule has 17 heavy (non-hydrogen) atoms. The van der Waals surface area contributed by atoms with E-state index >= 15 is 0 Å². The van der Waals surface area contributed by atoms with E-state index in [9.17, 15) is 0 Å². The van der Waals surface area contributed by atoms with Crippen LogP contribution in [0, 0.1) is 0 Å². The molecule has 0 bridgehead atoms. The average Bonchev–Trinajstić information content (AvgIpc) is 2.78. The highest BCUT2D eigenvalue weighted by atomic mass is 16.5. The summed E-state index contributed by atoms with van der Waals surface area (Å²) in [4.78, 5) is 2.32. The van der Waals surface area contributed by atoms with Crippen molar-refractivity contribution >= 4 is 0 Å². The molecule has 1 fully saturated rings. The maximum atomic E-state index is 5.85. The average molecular weight is 234 g/mol. The summed E-state index contributed by atoms with van der Waals surface area (Å²) in [5, 5.41) is 0. The van der Waals surface area contributed by atoms with Crippen LogP contribution in [0.25, 0.3) is 0 Å². The largest absolute Gasteiger partial charge is 0.372 e. The van der Waals surface area contributed by atoms with Gasteiger partial charge in [0.15, 0.2) is 0 Å². The van der Waals surface area contributed by atoms with Gasteiger partial charge in [0.1, 0.15) is 0 Å². The first-order valence-electron chi connectivity index (χ1n) is 6.36. The molecule has 1 aliphatic heterocycles. The minimum absolute atomic E-state index is 0.283. The van der Waals surface area contributed by atoms with E-state index in [0.29, 0.717) is 12.6 Å². The Morgan fingerprint density at radius 2 is 1.94 bits per heavy atom. The number of likely N-dealkylation sites (N-methyl/N-ethyl adjacent to an activating group) is 1. The zero-order chi connectivity index (χ0) is 12.1. The highest BCUT2D eigenvalue weighted by Crippen LogP contribution is 2.19. The minimum atomic E-state index is 0.283. The Morgan fingerprint density at radius 3 is 2.59 bits per heavy atom. The number of nitrogens with zero attached hydrogens (tertiary/aromatic N) is 1. The van der Waals surface area contributed by atoms with Crippen LogP contribution in [0.4, 0.5) is 0 Å². The fraction of sp³-hybridized carbons (Fsp3) is 0.571. The van der Waals surface area contributed by atoms with E-state index < -0.39 is 0 Å². The van der Waals surface area contributed by atoms with Crippen LogP contribution >= 0.6 is 0 Å². The lowest BCUT2D eigenvalue weighted by Crippen LogP contribution is -2.30. The number of hydrogen-bond acceptors (Lipinski definition) is 3. The van der Waals surface area contributed by atoms with Gasteiger partial charge in [0, 0.05) is 19.6 Å². The van der Waals surface area contributed by atoms with Gasteiger partial charge in [-0.2, -0.15) is 0 Å². The maximum Gasteiger partial charge on any atom is 0.0707 e. The molecule has 0 spiro atoms. The van der Waals surface area contributed by atoms with Crippen molar-refractivity contribution in [3.8, 4) is 0 Å². The Hall–Kier alpha value is -0.900. The van der Waals surface area contributed by atoms with Crippen LogP contribution in [0.3, 0.4) is 0 Å². The second-order valence-corrected chi connectivity index (χ2v) is 4.88. The topological polar surface area (TPSA) is 38.5 Å². The van der Waals surface area contributed by atoms with Crippen LogP contribution in [0.1, 0.15) is 18.4 Å². The molecule has 0 aromatic heterocycles. The summed E-state index contributed by atoms with van der Waals surface area (Å²) >= 11 is 0.